The van der Waals surface area contributed by atoms with E-state index in [2.05, 4.69) is 60.1 Å². The summed E-state index contributed by atoms with van der Waals surface area (Å²) in [6, 6.07) is 0. The van der Waals surface area contributed by atoms with Gasteiger partial charge in [0.25, 0.3) is 0 Å². The largest absolute Gasteiger partial charge is 0.347 e. The van der Waals surface area contributed by atoms with E-state index < -0.39 is 0 Å². The molecule has 1 heteroatoms. The van der Waals surface area contributed by atoms with Gasteiger partial charge in [0.2, 0.25) is 0 Å². The molecule has 0 spiro atoms. The number of hydrogen-bond donors (Lipinski definition) is 0. The summed E-state index contributed by atoms with van der Waals surface area (Å²) in [5.41, 5.74) is 9.76. The van der Waals surface area contributed by atoms with Crippen molar-refractivity contribution in [1.29, 1.82) is 0 Å². The summed E-state index contributed by atoms with van der Waals surface area (Å²) in [4.78, 5) is 2.27. The van der Waals surface area contributed by atoms with E-state index in [0.717, 1.165) is 0 Å². The van der Waals surface area contributed by atoms with E-state index in [-0.39, 0.29) is 5.41 Å². The summed E-state index contributed by atoms with van der Waals surface area (Å²) in [5, 5.41) is 0. The number of likely N-dealkylation sites (N-methyl/N-ethyl adjacent to an activating group) is 1. The molecule has 1 heterocycles. The van der Waals surface area contributed by atoms with Crippen LogP contribution in [0.4, 0.5) is 5.69 Å². The second-order valence-electron chi connectivity index (χ2n) is 5.85. The maximum Gasteiger partial charge on any atom is 0.0483 e. The maximum absolute atomic E-state index is 4.27. The molecule has 1 aliphatic rings. The molecule has 1 nitrogen and oxygen atoms in total. The number of fused-ring (bicyclic) bond motifs is 1. The molecule has 92 valence electrons. The smallest absolute Gasteiger partial charge is 0.0483 e. The molecule has 1 aromatic carbocycles. The lowest BCUT2D eigenvalue weighted by Gasteiger charge is -2.23. The average molecular weight is 229 g/mol. The number of hydrogen-bond acceptors (Lipinski definition) is 1. The van der Waals surface area contributed by atoms with Gasteiger partial charge < -0.3 is 4.90 Å². The predicted molar refractivity (Wildman–Crippen MR) is 76.0 cm³/mol. The van der Waals surface area contributed by atoms with Crippen LogP contribution in [-0.2, 0) is 5.41 Å². The summed E-state index contributed by atoms with van der Waals surface area (Å²) >= 11 is 0. The Morgan fingerprint density at radius 2 is 1.35 bits per heavy atom. The standard InChI is InChI=1S/C16H23N/c1-9-10(2)12(4)15-14(11(9)3)16(6,7)13(5)17(15)8/h5H2,1-4,6-8H3. The van der Waals surface area contributed by atoms with Crippen LogP contribution < -0.4 is 4.90 Å². The van der Waals surface area contributed by atoms with Gasteiger partial charge in [-0.25, -0.2) is 0 Å². The van der Waals surface area contributed by atoms with Crippen molar-refractivity contribution in [3.05, 3.63) is 40.1 Å². The molecule has 0 amide bonds. The molecule has 0 saturated carbocycles. The molecule has 0 unspecified atom stereocenters. The van der Waals surface area contributed by atoms with Crippen molar-refractivity contribution in [2.24, 2.45) is 0 Å². The summed E-state index contributed by atoms with van der Waals surface area (Å²) in [5.74, 6) is 0. The third-order valence-electron chi connectivity index (χ3n) is 4.74. The molecule has 2 rings (SSSR count). The first-order chi connectivity index (χ1) is 7.71. The maximum atomic E-state index is 4.27. The lowest BCUT2D eigenvalue weighted by molar-refractivity contribution is 0.638. The molecular formula is C16H23N. The van der Waals surface area contributed by atoms with Crippen molar-refractivity contribution in [1.82, 2.24) is 0 Å². The number of allylic oxidation sites excluding steroid dienone is 1. The van der Waals surface area contributed by atoms with Crippen LogP contribution >= 0.6 is 0 Å². The molecule has 1 aliphatic heterocycles. The Kier molecular flexibility index (Phi) is 2.43. The van der Waals surface area contributed by atoms with E-state index in [0.29, 0.717) is 0 Å². The Morgan fingerprint density at radius 3 is 1.88 bits per heavy atom. The van der Waals surface area contributed by atoms with E-state index in [1.54, 1.807) is 0 Å². The first-order valence-corrected chi connectivity index (χ1v) is 6.25. The minimum Gasteiger partial charge on any atom is -0.347 e. The fourth-order valence-electron chi connectivity index (χ4n) is 3.18. The van der Waals surface area contributed by atoms with Crippen molar-refractivity contribution < 1.29 is 0 Å². The van der Waals surface area contributed by atoms with Crippen molar-refractivity contribution >= 4 is 5.69 Å². The van der Waals surface area contributed by atoms with Gasteiger partial charge in [0.15, 0.2) is 0 Å². The Bertz CT molecular complexity index is 521. The Hall–Kier alpha value is -1.24. The molecular weight excluding hydrogens is 206 g/mol. The highest BCUT2D eigenvalue weighted by Gasteiger charge is 2.40. The molecule has 0 aliphatic carbocycles. The van der Waals surface area contributed by atoms with Gasteiger partial charge in [-0.2, -0.15) is 0 Å². The highest BCUT2D eigenvalue weighted by molar-refractivity contribution is 5.77. The van der Waals surface area contributed by atoms with Crippen molar-refractivity contribution in [2.45, 2.75) is 47.0 Å². The molecule has 17 heavy (non-hydrogen) atoms. The summed E-state index contributed by atoms with van der Waals surface area (Å²) in [6.07, 6.45) is 0. The molecule has 0 radical (unpaired) electrons. The van der Waals surface area contributed by atoms with Gasteiger partial charge in [-0.05, 0) is 55.5 Å². The van der Waals surface area contributed by atoms with Crippen LogP contribution in [0.3, 0.4) is 0 Å². The van der Waals surface area contributed by atoms with Gasteiger partial charge in [-0.3, -0.25) is 0 Å². The Morgan fingerprint density at radius 1 is 0.882 bits per heavy atom. The van der Waals surface area contributed by atoms with Crippen LogP contribution in [0.25, 0.3) is 0 Å². The number of nitrogens with zero attached hydrogens (tertiary/aromatic N) is 1. The van der Waals surface area contributed by atoms with Crippen LogP contribution in [0.15, 0.2) is 12.3 Å². The normalized spacial score (nSPS) is 17.6. The minimum absolute atomic E-state index is 0.0530. The highest BCUT2D eigenvalue weighted by Crippen LogP contribution is 2.50. The molecule has 0 atom stereocenters. The molecule has 0 N–H and O–H groups in total. The zero-order valence-electron chi connectivity index (χ0n) is 12.2. The molecule has 1 aromatic rings. The number of anilines is 1. The van der Waals surface area contributed by atoms with Crippen molar-refractivity contribution in [3.63, 3.8) is 0 Å². The topological polar surface area (TPSA) is 3.24 Å². The fraction of sp³-hybridized carbons (Fsp3) is 0.500. The Labute approximate surface area is 105 Å². The zero-order chi connectivity index (χ0) is 13.1. The molecule has 0 aromatic heterocycles. The summed E-state index contributed by atoms with van der Waals surface area (Å²) < 4.78 is 0. The van der Waals surface area contributed by atoms with E-state index in [4.69, 9.17) is 0 Å². The van der Waals surface area contributed by atoms with Crippen molar-refractivity contribution in [3.8, 4) is 0 Å². The fourth-order valence-corrected chi connectivity index (χ4v) is 3.18. The van der Waals surface area contributed by atoms with Gasteiger partial charge in [0, 0.05) is 23.8 Å². The van der Waals surface area contributed by atoms with E-state index >= 15 is 0 Å². The first-order valence-electron chi connectivity index (χ1n) is 6.25. The van der Waals surface area contributed by atoms with Crippen LogP contribution in [-0.4, -0.2) is 7.05 Å². The van der Waals surface area contributed by atoms with Gasteiger partial charge in [-0.1, -0.05) is 20.4 Å². The SMILES string of the molecule is C=C1N(C)c2c(C)c(C)c(C)c(C)c2C1(C)C. The number of rotatable bonds is 0. The monoisotopic (exact) mass is 229 g/mol. The van der Waals surface area contributed by atoms with Gasteiger partial charge in [0.05, 0.1) is 0 Å². The highest BCUT2D eigenvalue weighted by atomic mass is 15.2. The first kappa shape index (κ1) is 12.2. The van der Waals surface area contributed by atoms with Gasteiger partial charge in [0.1, 0.15) is 0 Å². The van der Waals surface area contributed by atoms with E-state index in [9.17, 15) is 0 Å². The molecule has 0 bridgehead atoms. The molecule has 0 saturated heterocycles. The lowest BCUT2D eigenvalue weighted by atomic mass is 9.79. The van der Waals surface area contributed by atoms with E-state index in [1.165, 1.54) is 39.2 Å². The van der Waals surface area contributed by atoms with Gasteiger partial charge >= 0.3 is 0 Å². The minimum atomic E-state index is 0.0530. The summed E-state index contributed by atoms with van der Waals surface area (Å²) in [6.45, 7) is 17.7. The Balaban J connectivity index is 2.93. The quantitative estimate of drug-likeness (QED) is 0.645. The van der Waals surface area contributed by atoms with Gasteiger partial charge in [-0.15, -0.1) is 0 Å². The van der Waals surface area contributed by atoms with Crippen molar-refractivity contribution in [2.75, 3.05) is 11.9 Å². The third-order valence-corrected chi connectivity index (χ3v) is 4.74. The second kappa shape index (κ2) is 3.38. The lowest BCUT2D eigenvalue weighted by Crippen LogP contribution is -2.22. The zero-order valence-corrected chi connectivity index (χ0v) is 12.2. The van der Waals surface area contributed by atoms with Crippen LogP contribution in [0.5, 0.6) is 0 Å². The van der Waals surface area contributed by atoms with Crippen LogP contribution in [0.1, 0.15) is 41.7 Å². The predicted octanol–water partition coefficient (Wildman–Crippen LogP) is 4.16. The molecule has 0 fully saturated rings. The van der Waals surface area contributed by atoms with Crippen LogP contribution in [0, 0.1) is 27.7 Å². The number of benzene rings is 1. The average Bonchev–Trinajstić information content (AvgIpc) is 2.44. The third kappa shape index (κ3) is 1.31. The summed E-state index contributed by atoms with van der Waals surface area (Å²) in [7, 11) is 2.14. The van der Waals surface area contributed by atoms with E-state index in [1.807, 2.05) is 0 Å². The second-order valence-corrected chi connectivity index (χ2v) is 5.85. The van der Waals surface area contributed by atoms with Crippen LogP contribution in [0.2, 0.25) is 0 Å².